The van der Waals surface area contributed by atoms with Gasteiger partial charge in [0, 0.05) is 7.97 Å². The van der Waals surface area contributed by atoms with Crippen molar-refractivity contribution < 1.29 is 1.43 Å². The van der Waals surface area contributed by atoms with Gasteiger partial charge in [-0.3, -0.25) is 0 Å². The lowest BCUT2D eigenvalue weighted by atomic mass is 10.0. The molecule has 2 aromatic carbocycles. The smallest absolute Gasteiger partial charge is 0.0205 e. The summed E-state index contributed by atoms with van der Waals surface area (Å²) in [6.45, 7) is 4.09. The molecule has 0 radical (unpaired) electrons. The molecular formula is C15H19N. The molecule has 0 aromatic heterocycles. The van der Waals surface area contributed by atoms with E-state index in [1.54, 1.807) is 0 Å². The van der Waals surface area contributed by atoms with Gasteiger partial charge in [-0.2, -0.15) is 0 Å². The van der Waals surface area contributed by atoms with Crippen LogP contribution in [0.15, 0.2) is 54.6 Å². The Morgan fingerprint density at radius 3 is 2.12 bits per heavy atom. The van der Waals surface area contributed by atoms with Gasteiger partial charge in [0.15, 0.2) is 0 Å². The maximum absolute atomic E-state index is 3.32. The summed E-state index contributed by atoms with van der Waals surface area (Å²) in [4.78, 5) is 0. The number of hydrogen-bond donors (Lipinski definition) is 1. The molecule has 0 amide bonds. The van der Waals surface area contributed by atoms with Gasteiger partial charge >= 0.3 is 0 Å². The fourth-order valence-corrected chi connectivity index (χ4v) is 1.71. The van der Waals surface area contributed by atoms with E-state index >= 15 is 0 Å². The summed E-state index contributed by atoms with van der Waals surface area (Å²) in [5, 5.41) is 3.32. The summed E-state index contributed by atoms with van der Waals surface area (Å²) in [7, 11) is 0. The Morgan fingerprint density at radius 1 is 0.875 bits per heavy atom. The van der Waals surface area contributed by atoms with Gasteiger partial charge in [-0.05, 0) is 23.2 Å². The molecule has 1 heteroatoms. The van der Waals surface area contributed by atoms with E-state index < -0.39 is 0 Å². The Hall–Kier alpha value is -1.60. The molecule has 1 N–H and O–H groups in total. The second-order valence-corrected chi connectivity index (χ2v) is 3.84. The first-order chi connectivity index (χ1) is 7.90. The van der Waals surface area contributed by atoms with Gasteiger partial charge in [-0.1, -0.05) is 61.5 Å². The molecule has 0 aliphatic rings. The van der Waals surface area contributed by atoms with E-state index in [1.165, 1.54) is 16.7 Å². The Balaban J connectivity index is 0.00000144. The van der Waals surface area contributed by atoms with Crippen LogP contribution >= 0.6 is 0 Å². The average molecular weight is 213 g/mol. The van der Waals surface area contributed by atoms with E-state index in [2.05, 4.69) is 60.8 Å². The Labute approximate surface area is 98.6 Å². The highest BCUT2D eigenvalue weighted by molar-refractivity contribution is 5.63. The van der Waals surface area contributed by atoms with Crippen molar-refractivity contribution in [3.05, 3.63) is 60.2 Å². The van der Waals surface area contributed by atoms with Gasteiger partial charge in [-0.25, -0.2) is 0 Å². The van der Waals surface area contributed by atoms with E-state index in [0.29, 0.717) is 0 Å². The van der Waals surface area contributed by atoms with Gasteiger partial charge in [0.1, 0.15) is 0 Å². The Kier molecular flexibility index (Phi) is 3.73. The SMILES string of the molecule is CCNCc1ccc(-c2ccccc2)cc1.[HH]. The third-order valence-electron chi connectivity index (χ3n) is 2.64. The van der Waals surface area contributed by atoms with Crippen LogP contribution in [0.1, 0.15) is 13.9 Å². The highest BCUT2D eigenvalue weighted by Crippen LogP contribution is 2.18. The Morgan fingerprint density at radius 2 is 1.50 bits per heavy atom. The lowest BCUT2D eigenvalue weighted by Crippen LogP contribution is -2.11. The van der Waals surface area contributed by atoms with Crippen molar-refractivity contribution >= 4 is 0 Å². The van der Waals surface area contributed by atoms with E-state index in [1.807, 2.05) is 6.07 Å². The molecule has 0 atom stereocenters. The van der Waals surface area contributed by atoms with Crippen molar-refractivity contribution in [2.24, 2.45) is 0 Å². The van der Waals surface area contributed by atoms with Crippen LogP contribution in [0.5, 0.6) is 0 Å². The van der Waals surface area contributed by atoms with E-state index in [-0.39, 0.29) is 1.43 Å². The maximum Gasteiger partial charge on any atom is 0.0205 e. The van der Waals surface area contributed by atoms with Gasteiger partial charge in [-0.15, -0.1) is 0 Å². The minimum atomic E-state index is 0. The van der Waals surface area contributed by atoms with E-state index in [9.17, 15) is 0 Å². The summed E-state index contributed by atoms with van der Waals surface area (Å²) >= 11 is 0. The van der Waals surface area contributed by atoms with Crippen LogP contribution in [0.25, 0.3) is 11.1 Å². The number of nitrogens with one attached hydrogen (secondary N) is 1. The lowest BCUT2D eigenvalue weighted by Gasteiger charge is -2.04. The largest absolute Gasteiger partial charge is 0.313 e. The van der Waals surface area contributed by atoms with Crippen molar-refractivity contribution in [2.45, 2.75) is 13.5 Å². The molecule has 0 saturated carbocycles. The molecule has 1 nitrogen and oxygen atoms in total. The van der Waals surface area contributed by atoms with Crippen molar-refractivity contribution in [1.82, 2.24) is 5.32 Å². The van der Waals surface area contributed by atoms with Gasteiger partial charge < -0.3 is 5.32 Å². The zero-order valence-electron chi connectivity index (χ0n) is 9.61. The highest BCUT2D eigenvalue weighted by atomic mass is 14.8. The molecular weight excluding hydrogens is 194 g/mol. The van der Waals surface area contributed by atoms with Crippen molar-refractivity contribution in [1.29, 1.82) is 0 Å². The zero-order chi connectivity index (χ0) is 11.2. The topological polar surface area (TPSA) is 12.0 Å². The minimum absolute atomic E-state index is 0. The first kappa shape index (κ1) is 10.9. The molecule has 0 bridgehead atoms. The normalized spacial score (nSPS) is 10.3. The molecule has 2 rings (SSSR count). The summed E-state index contributed by atoms with van der Waals surface area (Å²) in [5.41, 5.74) is 3.89. The molecule has 0 saturated heterocycles. The van der Waals surface area contributed by atoms with Crippen LogP contribution in [0.3, 0.4) is 0 Å². The predicted molar refractivity (Wildman–Crippen MR) is 71.4 cm³/mol. The van der Waals surface area contributed by atoms with Gasteiger partial charge in [0.2, 0.25) is 0 Å². The van der Waals surface area contributed by atoms with Crippen LogP contribution in [0.2, 0.25) is 0 Å². The number of rotatable bonds is 4. The summed E-state index contributed by atoms with van der Waals surface area (Å²) in [6, 6.07) is 19.2. The molecule has 0 heterocycles. The predicted octanol–water partition coefficient (Wildman–Crippen LogP) is 3.71. The van der Waals surface area contributed by atoms with E-state index in [4.69, 9.17) is 0 Å². The fraction of sp³-hybridized carbons (Fsp3) is 0.200. The van der Waals surface area contributed by atoms with Crippen LogP contribution in [-0.4, -0.2) is 6.54 Å². The standard InChI is InChI=1S/C15H17N.H2/c1-2-16-12-13-8-10-15(11-9-13)14-6-4-3-5-7-14;/h3-11,16H,2,12H2,1H3;1H. The summed E-state index contributed by atoms with van der Waals surface area (Å²) < 4.78 is 0. The van der Waals surface area contributed by atoms with Crippen LogP contribution in [0.4, 0.5) is 0 Å². The minimum Gasteiger partial charge on any atom is -0.313 e. The second kappa shape index (κ2) is 5.47. The first-order valence-electron chi connectivity index (χ1n) is 5.75. The molecule has 0 aliphatic carbocycles. The summed E-state index contributed by atoms with van der Waals surface area (Å²) in [6.07, 6.45) is 0. The van der Waals surface area contributed by atoms with Crippen molar-refractivity contribution in [3.63, 3.8) is 0 Å². The van der Waals surface area contributed by atoms with Gasteiger partial charge in [0.25, 0.3) is 0 Å². The highest BCUT2D eigenvalue weighted by Gasteiger charge is 1.96. The molecule has 0 unspecified atom stereocenters. The number of hydrogen-bond acceptors (Lipinski definition) is 1. The lowest BCUT2D eigenvalue weighted by molar-refractivity contribution is 0.727. The maximum atomic E-state index is 3.32. The fourth-order valence-electron chi connectivity index (χ4n) is 1.71. The number of benzene rings is 2. The zero-order valence-corrected chi connectivity index (χ0v) is 9.61. The summed E-state index contributed by atoms with van der Waals surface area (Å²) in [5.74, 6) is 0. The first-order valence-corrected chi connectivity index (χ1v) is 5.75. The molecule has 0 spiro atoms. The second-order valence-electron chi connectivity index (χ2n) is 3.84. The van der Waals surface area contributed by atoms with Crippen LogP contribution in [-0.2, 0) is 6.54 Å². The quantitative estimate of drug-likeness (QED) is 0.816. The molecule has 0 aliphatic heterocycles. The third-order valence-corrected chi connectivity index (χ3v) is 2.64. The molecule has 0 fully saturated rings. The van der Waals surface area contributed by atoms with Crippen LogP contribution in [0, 0.1) is 0 Å². The molecule has 16 heavy (non-hydrogen) atoms. The Bertz CT molecular complexity index is 422. The van der Waals surface area contributed by atoms with Crippen molar-refractivity contribution in [3.8, 4) is 11.1 Å². The van der Waals surface area contributed by atoms with Crippen molar-refractivity contribution in [2.75, 3.05) is 6.54 Å². The molecule has 2 aromatic rings. The third kappa shape index (κ3) is 2.71. The molecule has 84 valence electrons. The van der Waals surface area contributed by atoms with Crippen LogP contribution < -0.4 is 5.32 Å². The van der Waals surface area contributed by atoms with E-state index in [0.717, 1.165) is 13.1 Å². The average Bonchev–Trinajstić information content (AvgIpc) is 2.38. The monoisotopic (exact) mass is 213 g/mol. The van der Waals surface area contributed by atoms with Gasteiger partial charge in [0.05, 0.1) is 0 Å².